The fraction of sp³-hybridized carbons (Fsp3) is 0.235. The summed E-state index contributed by atoms with van der Waals surface area (Å²) in [7, 11) is 1.57. The number of hydrogen-bond acceptors (Lipinski definition) is 3. The summed E-state index contributed by atoms with van der Waals surface area (Å²) in [5, 5.41) is 0. The van der Waals surface area contributed by atoms with Crippen LogP contribution in [0.1, 0.15) is 27.0 Å². The van der Waals surface area contributed by atoms with Gasteiger partial charge in [-0.25, -0.2) is 0 Å². The molecule has 0 radical (unpaired) electrons. The van der Waals surface area contributed by atoms with Crippen LogP contribution in [-0.2, 0) is 6.42 Å². The number of carbonyl (C=O) groups excluding carboxylic acids is 1. The van der Waals surface area contributed by atoms with Gasteiger partial charge in [-0.15, -0.1) is 0 Å². The number of ketones is 1. The molecule has 0 aromatic heterocycles. The van der Waals surface area contributed by atoms with E-state index < -0.39 is 0 Å². The number of carbonyl (C=O) groups is 1. The molecule has 104 valence electrons. The lowest BCUT2D eigenvalue weighted by molar-refractivity contribution is 0.0993. The molecule has 0 unspecified atom stereocenters. The summed E-state index contributed by atoms with van der Waals surface area (Å²) in [4.78, 5) is 12.4. The minimum absolute atomic E-state index is 0.00431. The highest BCUT2D eigenvalue weighted by atomic mass is 16.5. The molecule has 0 atom stereocenters. The molecule has 0 aliphatic carbocycles. The van der Waals surface area contributed by atoms with Crippen molar-refractivity contribution in [2.75, 3.05) is 12.8 Å². The van der Waals surface area contributed by atoms with E-state index >= 15 is 0 Å². The Morgan fingerprint density at radius 1 is 1.10 bits per heavy atom. The van der Waals surface area contributed by atoms with E-state index in [4.69, 9.17) is 10.5 Å². The van der Waals surface area contributed by atoms with Crippen LogP contribution in [0.2, 0.25) is 0 Å². The minimum atomic E-state index is 0.00431. The molecule has 2 N–H and O–H groups in total. The van der Waals surface area contributed by atoms with Gasteiger partial charge in [0, 0.05) is 17.7 Å². The molecule has 2 aromatic carbocycles. The Kier molecular flexibility index (Phi) is 4.08. The summed E-state index contributed by atoms with van der Waals surface area (Å²) in [5.41, 5.74) is 10.3. The first-order valence-corrected chi connectivity index (χ1v) is 6.54. The lowest BCUT2D eigenvalue weighted by atomic mass is 9.98. The first-order chi connectivity index (χ1) is 9.51. The van der Waals surface area contributed by atoms with Gasteiger partial charge in [-0.05, 0) is 48.7 Å². The van der Waals surface area contributed by atoms with Crippen molar-refractivity contribution >= 4 is 11.5 Å². The van der Waals surface area contributed by atoms with Crippen LogP contribution in [0, 0.1) is 13.8 Å². The molecule has 3 nitrogen and oxygen atoms in total. The Morgan fingerprint density at radius 3 is 2.50 bits per heavy atom. The van der Waals surface area contributed by atoms with E-state index in [9.17, 15) is 4.79 Å². The van der Waals surface area contributed by atoms with E-state index in [0.717, 1.165) is 5.56 Å². The third-order valence-electron chi connectivity index (χ3n) is 3.50. The van der Waals surface area contributed by atoms with Crippen LogP contribution in [0.25, 0.3) is 0 Å². The highest BCUT2D eigenvalue weighted by Gasteiger charge is 2.12. The summed E-state index contributed by atoms with van der Waals surface area (Å²) in [6.45, 7) is 4.10. The first kappa shape index (κ1) is 14.1. The highest BCUT2D eigenvalue weighted by Crippen LogP contribution is 2.21. The number of nitrogens with two attached hydrogens (primary N) is 1. The zero-order valence-electron chi connectivity index (χ0n) is 12.1. The van der Waals surface area contributed by atoms with Gasteiger partial charge in [0.15, 0.2) is 5.78 Å². The predicted molar refractivity (Wildman–Crippen MR) is 81.4 cm³/mol. The number of ether oxygens (including phenoxy) is 1. The quantitative estimate of drug-likeness (QED) is 0.684. The van der Waals surface area contributed by atoms with Gasteiger partial charge in [0.1, 0.15) is 5.75 Å². The average molecular weight is 269 g/mol. The van der Waals surface area contributed by atoms with E-state index in [1.165, 1.54) is 11.1 Å². The SMILES string of the molecule is COc1ccc(N)c(C(=O)Cc2ccc(C)c(C)c2)c1. The second-order valence-electron chi connectivity index (χ2n) is 4.97. The average Bonchev–Trinajstić information content (AvgIpc) is 2.43. The molecule has 3 heteroatoms. The summed E-state index contributed by atoms with van der Waals surface area (Å²) in [6, 6.07) is 11.2. The van der Waals surface area contributed by atoms with Crippen molar-refractivity contribution in [1.29, 1.82) is 0 Å². The van der Waals surface area contributed by atoms with Gasteiger partial charge in [0.25, 0.3) is 0 Å². The van der Waals surface area contributed by atoms with Crippen molar-refractivity contribution in [3.05, 3.63) is 58.7 Å². The summed E-state index contributed by atoms with van der Waals surface area (Å²) in [5.74, 6) is 0.646. The molecule has 0 bridgehead atoms. The fourth-order valence-electron chi connectivity index (χ4n) is 2.10. The van der Waals surface area contributed by atoms with Gasteiger partial charge in [-0.3, -0.25) is 4.79 Å². The highest BCUT2D eigenvalue weighted by molar-refractivity contribution is 6.02. The smallest absolute Gasteiger partial charge is 0.169 e. The predicted octanol–water partition coefficient (Wildman–Crippen LogP) is 3.32. The molecule has 0 heterocycles. The molecule has 0 aliphatic rings. The number of benzene rings is 2. The van der Waals surface area contributed by atoms with Crippen LogP contribution in [-0.4, -0.2) is 12.9 Å². The molecular formula is C17H19NO2. The normalized spacial score (nSPS) is 10.3. The van der Waals surface area contributed by atoms with Gasteiger partial charge in [-0.1, -0.05) is 18.2 Å². The van der Waals surface area contributed by atoms with Crippen molar-refractivity contribution < 1.29 is 9.53 Å². The number of rotatable bonds is 4. The van der Waals surface area contributed by atoms with E-state index in [1.54, 1.807) is 25.3 Å². The molecular weight excluding hydrogens is 250 g/mol. The van der Waals surface area contributed by atoms with Crippen molar-refractivity contribution in [3.8, 4) is 5.75 Å². The van der Waals surface area contributed by atoms with Gasteiger partial charge >= 0.3 is 0 Å². The van der Waals surface area contributed by atoms with Gasteiger partial charge in [0.05, 0.1) is 7.11 Å². The van der Waals surface area contributed by atoms with E-state index in [0.29, 0.717) is 23.4 Å². The molecule has 0 saturated carbocycles. The van der Waals surface area contributed by atoms with E-state index in [1.807, 2.05) is 25.1 Å². The molecule has 20 heavy (non-hydrogen) atoms. The summed E-state index contributed by atoms with van der Waals surface area (Å²) in [6.07, 6.45) is 0.346. The summed E-state index contributed by atoms with van der Waals surface area (Å²) < 4.78 is 5.14. The maximum Gasteiger partial charge on any atom is 0.169 e. The lowest BCUT2D eigenvalue weighted by Crippen LogP contribution is -2.07. The largest absolute Gasteiger partial charge is 0.497 e. The van der Waals surface area contributed by atoms with E-state index in [-0.39, 0.29) is 5.78 Å². The number of aryl methyl sites for hydroxylation is 2. The molecule has 2 rings (SSSR count). The molecule has 0 amide bonds. The van der Waals surface area contributed by atoms with Crippen LogP contribution in [0.15, 0.2) is 36.4 Å². The third-order valence-corrected chi connectivity index (χ3v) is 3.50. The van der Waals surface area contributed by atoms with Crippen molar-refractivity contribution in [2.45, 2.75) is 20.3 Å². The molecule has 0 saturated heterocycles. The standard InChI is InChI=1S/C17H19NO2/c1-11-4-5-13(8-12(11)2)9-17(19)15-10-14(20-3)6-7-16(15)18/h4-8,10H,9,18H2,1-3H3. The first-order valence-electron chi connectivity index (χ1n) is 6.54. The van der Waals surface area contributed by atoms with Crippen molar-refractivity contribution in [3.63, 3.8) is 0 Å². The minimum Gasteiger partial charge on any atom is -0.497 e. The number of hydrogen-bond donors (Lipinski definition) is 1. The number of Topliss-reactive ketones (excluding diaryl/α,β-unsaturated/α-hetero) is 1. The van der Waals surface area contributed by atoms with Crippen molar-refractivity contribution in [1.82, 2.24) is 0 Å². The van der Waals surface area contributed by atoms with Crippen LogP contribution in [0.5, 0.6) is 5.75 Å². The van der Waals surface area contributed by atoms with E-state index in [2.05, 4.69) is 6.92 Å². The van der Waals surface area contributed by atoms with Crippen LogP contribution >= 0.6 is 0 Å². The van der Waals surface area contributed by atoms with Crippen LogP contribution in [0.4, 0.5) is 5.69 Å². The zero-order valence-corrected chi connectivity index (χ0v) is 12.1. The molecule has 2 aromatic rings. The van der Waals surface area contributed by atoms with Gasteiger partial charge in [-0.2, -0.15) is 0 Å². The Balaban J connectivity index is 2.25. The van der Waals surface area contributed by atoms with Gasteiger partial charge < -0.3 is 10.5 Å². The Labute approximate surface area is 119 Å². The fourth-order valence-corrected chi connectivity index (χ4v) is 2.10. The van der Waals surface area contributed by atoms with Crippen LogP contribution < -0.4 is 10.5 Å². The number of methoxy groups -OCH3 is 1. The Hall–Kier alpha value is -2.29. The maximum atomic E-state index is 12.4. The number of anilines is 1. The zero-order chi connectivity index (χ0) is 14.7. The molecule has 0 aliphatic heterocycles. The third kappa shape index (κ3) is 2.99. The monoisotopic (exact) mass is 269 g/mol. The Bertz CT molecular complexity index is 647. The second-order valence-corrected chi connectivity index (χ2v) is 4.97. The molecule has 0 fully saturated rings. The van der Waals surface area contributed by atoms with Crippen molar-refractivity contribution in [2.24, 2.45) is 0 Å². The van der Waals surface area contributed by atoms with Gasteiger partial charge in [0.2, 0.25) is 0 Å². The summed E-state index contributed by atoms with van der Waals surface area (Å²) >= 11 is 0. The Morgan fingerprint density at radius 2 is 1.85 bits per heavy atom. The second kappa shape index (κ2) is 5.78. The number of nitrogen functional groups attached to an aromatic ring is 1. The molecule has 0 spiro atoms. The lowest BCUT2D eigenvalue weighted by Gasteiger charge is -2.08. The van der Waals surface area contributed by atoms with Crippen LogP contribution in [0.3, 0.4) is 0 Å². The topological polar surface area (TPSA) is 52.3 Å². The maximum absolute atomic E-state index is 12.4.